The molecule has 0 fully saturated rings. The molecule has 0 unspecified atom stereocenters. The van der Waals surface area contributed by atoms with E-state index in [1.807, 2.05) is 6.07 Å². The van der Waals surface area contributed by atoms with Crippen LogP contribution < -0.4 is 11.1 Å². The lowest BCUT2D eigenvalue weighted by Crippen LogP contribution is -2.03. The smallest absolute Gasteiger partial charge is 0.128 e. The van der Waals surface area contributed by atoms with Gasteiger partial charge in [0.05, 0.1) is 12.5 Å². The van der Waals surface area contributed by atoms with E-state index < -0.39 is 11.6 Å². The quantitative estimate of drug-likeness (QED) is 0.841. The first-order valence-corrected chi connectivity index (χ1v) is 6.03. The van der Waals surface area contributed by atoms with Gasteiger partial charge in [-0.1, -0.05) is 0 Å². The fraction of sp³-hybridized carbons (Fsp3) is 0.133. The molecule has 0 saturated heterocycles. The first-order valence-electron chi connectivity index (χ1n) is 6.03. The summed E-state index contributed by atoms with van der Waals surface area (Å²) in [4.78, 5) is 0. The lowest BCUT2D eigenvalue weighted by Gasteiger charge is -2.10. The topological polar surface area (TPSA) is 61.8 Å². The molecular weight excluding hydrogens is 260 g/mol. The minimum atomic E-state index is -0.481. The fourth-order valence-corrected chi connectivity index (χ4v) is 1.83. The molecule has 3 N–H and O–H groups in total. The molecule has 5 heteroatoms. The summed E-state index contributed by atoms with van der Waals surface area (Å²) in [6, 6.07) is 10.5. The molecule has 0 bridgehead atoms. The summed E-state index contributed by atoms with van der Waals surface area (Å²) in [5.41, 5.74) is 7.92. The number of benzene rings is 2. The van der Waals surface area contributed by atoms with Crippen LogP contribution in [0.2, 0.25) is 0 Å². The van der Waals surface area contributed by atoms with Gasteiger partial charge in [0.2, 0.25) is 0 Å². The average Bonchev–Trinajstić information content (AvgIpc) is 2.43. The highest BCUT2D eigenvalue weighted by Crippen LogP contribution is 2.19. The minimum absolute atomic E-state index is 0.152. The zero-order valence-electron chi connectivity index (χ0n) is 10.7. The van der Waals surface area contributed by atoms with Crippen molar-refractivity contribution in [1.82, 2.24) is 0 Å². The number of nitrogen functional groups attached to an aromatic ring is 1. The largest absolute Gasteiger partial charge is 0.398 e. The van der Waals surface area contributed by atoms with Crippen LogP contribution in [0.3, 0.4) is 0 Å². The van der Waals surface area contributed by atoms with Crippen molar-refractivity contribution in [2.24, 2.45) is 0 Å². The molecule has 2 rings (SSSR count). The molecule has 0 amide bonds. The number of hydrogen-bond acceptors (Lipinski definition) is 3. The Bertz CT molecular complexity index is 663. The Morgan fingerprint density at radius 1 is 1.10 bits per heavy atom. The first kappa shape index (κ1) is 13.8. The van der Waals surface area contributed by atoms with Crippen molar-refractivity contribution < 1.29 is 8.78 Å². The molecule has 0 heterocycles. The van der Waals surface area contributed by atoms with Crippen LogP contribution in [0.25, 0.3) is 0 Å². The Hall–Kier alpha value is -2.61. The summed E-state index contributed by atoms with van der Waals surface area (Å²) in [5.74, 6) is -0.947. The Kier molecular flexibility index (Phi) is 4.16. The van der Waals surface area contributed by atoms with E-state index in [4.69, 9.17) is 11.0 Å². The van der Waals surface area contributed by atoms with Gasteiger partial charge in [0.15, 0.2) is 0 Å². The van der Waals surface area contributed by atoms with Gasteiger partial charge < -0.3 is 11.1 Å². The monoisotopic (exact) mass is 273 g/mol. The van der Waals surface area contributed by atoms with Crippen molar-refractivity contribution in [1.29, 1.82) is 5.26 Å². The van der Waals surface area contributed by atoms with Crippen LogP contribution >= 0.6 is 0 Å². The standard InChI is InChI=1S/C15H13F2N3/c16-12-1-3-14(17)11(7-12)9-20-13-2-4-15(19)10(8-13)5-6-18/h1-4,7-8,20H,5,9,19H2. The van der Waals surface area contributed by atoms with E-state index in [0.29, 0.717) is 16.9 Å². The molecule has 0 aliphatic rings. The van der Waals surface area contributed by atoms with Crippen molar-refractivity contribution in [3.05, 3.63) is 59.2 Å². The van der Waals surface area contributed by atoms with E-state index in [-0.39, 0.29) is 18.5 Å². The van der Waals surface area contributed by atoms with E-state index in [0.717, 1.165) is 18.2 Å². The molecule has 0 spiro atoms. The summed E-state index contributed by atoms with van der Waals surface area (Å²) in [7, 11) is 0. The second-order valence-electron chi connectivity index (χ2n) is 4.34. The lowest BCUT2D eigenvalue weighted by molar-refractivity contribution is 0.587. The molecule has 2 aromatic rings. The Morgan fingerprint density at radius 2 is 1.90 bits per heavy atom. The molecule has 102 valence electrons. The van der Waals surface area contributed by atoms with E-state index in [2.05, 4.69) is 5.32 Å². The van der Waals surface area contributed by atoms with Gasteiger partial charge in [0.25, 0.3) is 0 Å². The van der Waals surface area contributed by atoms with Crippen molar-refractivity contribution >= 4 is 11.4 Å². The molecule has 3 nitrogen and oxygen atoms in total. The second-order valence-corrected chi connectivity index (χ2v) is 4.34. The van der Waals surface area contributed by atoms with Crippen LogP contribution in [0.5, 0.6) is 0 Å². The Balaban J connectivity index is 2.13. The van der Waals surface area contributed by atoms with Gasteiger partial charge in [-0.3, -0.25) is 0 Å². The Labute approximate surface area is 115 Å². The number of nitrogens with zero attached hydrogens (tertiary/aromatic N) is 1. The third-order valence-electron chi connectivity index (χ3n) is 2.90. The third-order valence-corrected chi connectivity index (χ3v) is 2.90. The Morgan fingerprint density at radius 3 is 2.65 bits per heavy atom. The maximum absolute atomic E-state index is 13.5. The summed E-state index contributed by atoms with van der Waals surface area (Å²) < 4.78 is 26.5. The molecule has 0 aromatic heterocycles. The molecule has 2 aromatic carbocycles. The van der Waals surface area contributed by atoms with Gasteiger partial charge in [0, 0.05) is 23.5 Å². The first-order chi connectivity index (χ1) is 9.60. The molecule has 0 atom stereocenters. The molecule has 20 heavy (non-hydrogen) atoms. The van der Waals surface area contributed by atoms with E-state index in [1.54, 1.807) is 18.2 Å². The molecular formula is C15H13F2N3. The number of nitriles is 1. The van der Waals surface area contributed by atoms with Gasteiger partial charge in [-0.2, -0.15) is 5.26 Å². The van der Waals surface area contributed by atoms with Crippen molar-refractivity contribution in [3.8, 4) is 6.07 Å². The summed E-state index contributed by atoms with van der Waals surface area (Å²) in [5, 5.41) is 11.7. The van der Waals surface area contributed by atoms with Crippen molar-refractivity contribution in [2.75, 3.05) is 11.1 Å². The zero-order chi connectivity index (χ0) is 14.5. The van der Waals surface area contributed by atoms with Crippen LogP contribution in [0.15, 0.2) is 36.4 Å². The van der Waals surface area contributed by atoms with Crippen LogP contribution in [-0.4, -0.2) is 0 Å². The number of rotatable bonds is 4. The maximum Gasteiger partial charge on any atom is 0.128 e. The highest BCUT2D eigenvalue weighted by molar-refractivity contribution is 5.58. The van der Waals surface area contributed by atoms with Crippen LogP contribution in [0.4, 0.5) is 20.2 Å². The lowest BCUT2D eigenvalue weighted by atomic mass is 10.1. The predicted molar refractivity (Wildman–Crippen MR) is 73.9 cm³/mol. The average molecular weight is 273 g/mol. The summed E-state index contributed by atoms with van der Waals surface area (Å²) in [6.45, 7) is 0.152. The zero-order valence-corrected chi connectivity index (χ0v) is 10.7. The predicted octanol–water partition coefficient (Wildman–Crippen LogP) is 3.23. The second kappa shape index (κ2) is 6.02. The summed E-state index contributed by atoms with van der Waals surface area (Å²) in [6.07, 6.45) is 0.204. The van der Waals surface area contributed by atoms with Gasteiger partial charge in [0.1, 0.15) is 11.6 Å². The normalized spacial score (nSPS) is 10.1. The highest BCUT2D eigenvalue weighted by atomic mass is 19.1. The van der Waals surface area contributed by atoms with Gasteiger partial charge >= 0.3 is 0 Å². The minimum Gasteiger partial charge on any atom is -0.398 e. The fourth-order valence-electron chi connectivity index (χ4n) is 1.83. The summed E-state index contributed by atoms with van der Waals surface area (Å²) >= 11 is 0. The van der Waals surface area contributed by atoms with Gasteiger partial charge in [-0.15, -0.1) is 0 Å². The molecule has 0 saturated carbocycles. The number of hydrogen-bond donors (Lipinski definition) is 2. The number of halogens is 2. The SMILES string of the molecule is N#CCc1cc(NCc2cc(F)ccc2F)ccc1N. The number of nitrogens with two attached hydrogens (primary N) is 1. The highest BCUT2D eigenvalue weighted by Gasteiger charge is 2.05. The molecule has 0 aliphatic carbocycles. The maximum atomic E-state index is 13.5. The van der Waals surface area contributed by atoms with Crippen LogP contribution in [-0.2, 0) is 13.0 Å². The van der Waals surface area contributed by atoms with Crippen LogP contribution in [0, 0.1) is 23.0 Å². The molecule has 0 aliphatic heterocycles. The van der Waals surface area contributed by atoms with Crippen molar-refractivity contribution in [3.63, 3.8) is 0 Å². The van der Waals surface area contributed by atoms with Gasteiger partial charge in [-0.05, 0) is 42.0 Å². The third kappa shape index (κ3) is 3.23. The molecule has 0 radical (unpaired) electrons. The number of nitrogens with one attached hydrogen (secondary N) is 1. The number of anilines is 2. The van der Waals surface area contributed by atoms with E-state index in [1.165, 1.54) is 0 Å². The van der Waals surface area contributed by atoms with Crippen LogP contribution in [0.1, 0.15) is 11.1 Å². The van der Waals surface area contributed by atoms with E-state index in [9.17, 15) is 8.78 Å². The van der Waals surface area contributed by atoms with Gasteiger partial charge in [-0.25, -0.2) is 8.78 Å². The van der Waals surface area contributed by atoms with Crippen molar-refractivity contribution in [2.45, 2.75) is 13.0 Å². The van der Waals surface area contributed by atoms with E-state index >= 15 is 0 Å².